The average molecular weight is 453 g/mol. The molecule has 1 aliphatic carbocycles. The van der Waals surface area contributed by atoms with E-state index in [1.807, 2.05) is 57.2 Å². The number of alkyl carbamates (subject to hydrolysis) is 1. The highest BCUT2D eigenvalue weighted by Gasteiger charge is 2.31. The number of aliphatic carboxylic acids is 1. The lowest BCUT2D eigenvalue weighted by atomic mass is 9.87. The Hall–Kier alpha value is -3.35. The Labute approximate surface area is 194 Å². The molecule has 0 aliphatic heterocycles. The molecule has 0 heterocycles. The molecule has 3 rings (SSSR count). The molecule has 0 saturated carbocycles. The summed E-state index contributed by atoms with van der Waals surface area (Å²) in [5.41, 5.74) is 4.26. The Morgan fingerprint density at radius 1 is 1.00 bits per heavy atom. The second-order valence-corrected chi connectivity index (χ2v) is 9.77. The van der Waals surface area contributed by atoms with Gasteiger partial charge in [0.1, 0.15) is 12.6 Å². The van der Waals surface area contributed by atoms with Crippen LogP contribution < -0.4 is 10.6 Å². The summed E-state index contributed by atoms with van der Waals surface area (Å²) in [6, 6.07) is 15.3. The van der Waals surface area contributed by atoms with Crippen LogP contribution in [0, 0.1) is 11.3 Å². The maximum absolute atomic E-state index is 12.7. The minimum Gasteiger partial charge on any atom is -0.481 e. The van der Waals surface area contributed by atoms with Gasteiger partial charge in [-0.2, -0.15) is 0 Å². The van der Waals surface area contributed by atoms with E-state index in [1.54, 1.807) is 0 Å². The molecular formula is C26H32N2O5. The molecular weight excluding hydrogens is 420 g/mol. The molecule has 2 unspecified atom stereocenters. The minimum atomic E-state index is -0.993. The first-order valence-electron chi connectivity index (χ1n) is 11.2. The van der Waals surface area contributed by atoms with Crippen molar-refractivity contribution in [2.24, 2.45) is 11.3 Å². The number of rotatable bonds is 8. The average Bonchev–Trinajstić information content (AvgIpc) is 3.08. The van der Waals surface area contributed by atoms with E-state index in [2.05, 4.69) is 22.8 Å². The molecule has 0 bridgehead atoms. The molecule has 2 aromatic carbocycles. The van der Waals surface area contributed by atoms with E-state index in [1.165, 1.54) is 6.92 Å². The molecule has 176 valence electrons. The molecule has 0 radical (unpaired) electrons. The topological polar surface area (TPSA) is 105 Å². The molecule has 2 atom stereocenters. The van der Waals surface area contributed by atoms with Gasteiger partial charge in [-0.3, -0.25) is 9.59 Å². The molecule has 0 spiro atoms. The normalized spacial score (nSPS) is 14.5. The number of benzene rings is 2. The van der Waals surface area contributed by atoms with Gasteiger partial charge in [-0.1, -0.05) is 76.2 Å². The Balaban J connectivity index is 1.66. The number of carbonyl (C=O) groups is 3. The second kappa shape index (κ2) is 10.1. The SMILES string of the molecule is CC(CNC(=O)C(CC(C)(C)C)NC(=O)OCC1c2ccccc2-c2ccccc21)C(=O)O. The van der Waals surface area contributed by atoms with E-state index >= 15 is 0 Å². The monoisotopic (exact) mass is 452 g/mol. The zero-order valence-corrected chi connectivity index (χ0v) is 19.6. The van der Waals surface area contributed by atoms with Gasteiger partial charge >= 0.3 is 12.1 Å². The summed E-state index contributed by atoms with van der Waals surface area (Å²) in [5, 5.41) is 14.3. The molecule has 2 aromatic rings. The van der Waals surface area contributed by atoms with Crippen LogP contribution in [0.25, 0.3) is 11.1 Å². The van der Waals surface area contributed by atoms with Crippen molar-refractivity contribution in [1.82, 2.24) is 10.6 Å². The minimum absolute atomic E-state index is 0.0127. The van der Waals surface area contributed by atoms with Crippen molar-refractivity contribution < 1.29 is 24.2 Å². The number of carboxylic acids is 1. The Morgan fingerprint density at radius 2 is 1.55 bits per heavy atom. The molecule has 7 nitrogen and oxygen atoms in total. The van der Waals surface area contributed by atoms with Gasteiger partial charge < -0.3 is 20.5 Å². The van der Waals surface area contributed by atoms with E-state index in [4.69, 9.17) is 9.84 Å². The number of nitrogens with one attached hydrogen (secondary N) is 2. The zero-order chi connectivity index (χ0) is 24.2. The molecule has 0 aromatic heterocycles. The Morgan fingerprint density at radius 3 is 2.06 bits per heavy atom. The summed E-state index contributed by atoms with van der Waals surface area (Å²) in [6.07, 6.45) is -0.294. The van der Waals surface area contributed by atoms with Crippen molar-refractivity contribution in [3.8, 4) is 11.1 Å². The van der Waals surface area contributed by atoms with E-state index in [-0.39, 0.29) is 24.5 Å². The van der Waals surface area contributed by atoms with Gasteiger partial charge in [0.2, 0.25) is 5.91 Å². The van der Waals surface area contributed by atoms with Gasteiger partial charge in [-0.25, -0.2) is 4.79 Å². The summed E-state index contributed by atoms with van der Waals surface area (Å²) >= 11 is 0. The number of carboxylic acid groups (broad SMARTS) is 1. The predicted octanol–water partition coefficient (Wildman–Crippen LogP) is 4.17. The van der Waals surface area contributed by atoms with Gasteiger partial charge in [0.05, 0.1) is 5.92 Å². The lowest BCUT2D eigenvalue weighted by molar-refractivity contribution is -0.141. The molecule has 7 heteroatoms. The number of fused-ring (bicyclic) bond motifs is 3. The highest BCUT2D eigenvalue weighted by Crippen LogP contribution is 2.44. The fourth-order valence-electron chi connectivity index (χ4n) is 4.07. The number of hydrogen-bond acceptors (Lipinski definition) is 4. The molecule has 2 amide bonds. The summed E-state index contributed by atoms with van der Waals surface area (Å²) in [4.78, 5) is 36.4. The van der Waals surface area contributed by atoms with Crippen molar-refractivity contribution in [2.75, 3.05) is 13.2 Å². The predicted molar refractivity (Wildman–Crippen MR) is 126 cm³/mol. The first kappa shape index (κ1) is 24.3. The third kappa shape index (κ3) is 6.12. The van der Waals surface area contributed by atoms with Crippen molar-refractivity contribution in [3.05, 3.63) is 59.7 Å². The quantitative estimate of drug-likeness (QED) is 0.558. The van der Waals surface area contributed by atoms with Crippen LogP contribution in [0.1, 0.15) is 51.2 Å². The summed E-state index contributed by atoms with van der Waals surface area (Å²) in [7, 11) is 0. The molecule has 33 heavy (non-hydrogen) atoms. The van der Waals surface area contributed by atoms with Crippen LogP contribution in [0.15, 0.2) is 48.5 Å². The van der Waals surface area contributed by atoms with Crippen LogP contribution in [-0.2, 0) is 14.3 Å². The lowest BCUT2D eigenvalue weighted by Crippen LogP contribution is -2.49. The van der Waals surface area contributed by atoms with Gasteiger partial charge in [-0.15, -0.1) is 0 Å². The Bertz CT molecular complexity index is 982. The first-order chi connectivity index (χ1) is 15.6. The molecule has 3 N–H and O–H groups in total. The third-order valence-electron chi connectivity index (χ3n) is 5.77. The van der Waals surface area contributed by atoms with Crippen molar-refractivity contribution in [1.29, 1.82) is 0 Å². The van der Waals surface area contributed by atoms with Crippen LogP contribution >= 0.6 is 0 Å². The maximum atomic E-state index is 12.7. The first-order valence-corrected chi connectivity index (χ1v) is 11.2. The van der Waals surface area contributed by atoms with E-state index in [9.17, 15) is 14.4 Å². The van der Waals surface area contributed by atoms with Crippen LogP contribution in [0.4, 0.5) is 4.79 Å². The lowest BCUT2D eigenvalue weighted by Gasteiger charge is -2.26. The van der Waals surface area contributed by atoms with Gasteiger partial charge in [0.25, 0.3) is 0 Å². The summed E-state index contributed by atoms with van der Waals surface area (Å²) in [6.45, 7) is 7.55. The van der Waals surface area contributed by atoms with E-state index in [0.717, 1.165) is 22.3 Å². The van der Waals surface area contributed by atoms with E-state index < -0.39 is 29.9 Å². The summed E-state index contributed by atoms with van der Waals surface area (Å²) < 4.78 is 5.57. The standard InChI is InChI=1S/C26H32N2O5/c1-16(24(30)31)14-27-23(29)22(13-26(2,3)4)28-25(32)33-15-21-19-11-7-5-9-17(19)18-10-6-8-12-20(18)21/h5-12,16,21-22H,13-15H2,1-4H3,(H,27,29)(H,28,32)(H,30,31). The molecule has 1 aliphatic rings. The third-order valence-corrected chi connectivity index (χ3v) is 5.77. The van der Waals surface area contributed by atoms with Gasteiger partial charge in [0, 0.05) is 12.5 Å². The van der Waals surface area contributed by atoms with Crippen LogP contribution in [-0.4, -0.2) is 42.3 Å². The van der Waals surface area contributed by atoms with Crippen molar-refractivity contribution in [2.45, 2.75) is 46.1 Å². The smallest absolute Gasteiger partial charge is 0.407 e. The van der Waals surface area contributed by atoms with Crippen LogP contribution in [0.2, 0.25) is 0 Å². The van der Waals surface area contributed by atoms with Gasteiger partial charge in [0.15, 0.2) is 0 Å². The van der Waals surface area contributed by atoms with Gasteiger partial charge in [-0.05, 0) is 34.1 Å². The number of carbonyl (C=O) groups excluding carboxylic acids is 2. The number of ether oxygens (including phenoxy) is 1. The zero-order valence-electron chi connectivity index (χ0n) is 19.6. The van der Waals surface area contributed by atoms with E-state index in [0.29, 0.717) is 6.42 Å². The fraction of sp³-hybridized carbons (Fsp3) is 0.423. The highest BCUT2D eigenvalue weighted by molar-refractivity contribution is 5.86. The van der Waals surface area contributed by atoms with Crippen molar-refractivity contribution >= 4 is 18.0 Å². The fourth-order valence-corrected chi connectivity index (χ4v) is 4.07. The number of hydrogen-bond donors (Lipinski definition) is 3. The number of amides is 2. The van der Waals surface area contributed by atoms with Crippen molar-refractivity contribution in [3.63, 3.8) is 0 Å². The molecule has 0 fully saturated rings. The Kier molecular flexibility index (Phi) is 7.41. The van der Waals surface area contributed by atoms with Crippen LogP contribution in [0.5, 0.6) is 0 Å². The summed E-state index contributed by atoms with van der Waals surface area (Å²) in [5.74, 6) is -2.22. The van der Waals surface area contributed by atoms with Crippen LogP contribution in [0.3, 0.4) is 0 Å². The molecule has 0 saturated heterocycles. The highest BCUT2D eigenvalue weighted by atomic mass is 16.5. The largest absolute Gasteiger partial charge is 0.481 e. The second-order valence-electron chi connectivity index (χ2n) is 9.77. The maximum Gasteiger partial charge on any atom is 0.407 e.